The molecule has 8 nitrogen and oxygen atoms in total. The Kier molecular flexibility index (Phi) is 7.40. The predicted octanol–water partition coefficient (Wildman–Crippen LogP) is 3.79. The fourth-order valence-electron chi connectivity index (χ4n) is 5.16. The van der Waals surface area contributed by atoms with Crippen molar-refractivity contribution >= 4 is 18.0 Å². The molecule has 186 valence electrons. The number of likely N-dealkylation sites (N-methyl/N-ethyl adjacent to an activating group) is 1. The standard InChI is InChI=1S/C27H32N2O6/c1-3-23(25(31)32)29(2)24(30)16-27(12-14-34-15-13-27)28-26(33)35-17-22-20-10-6-4-8-18(20)19-9-5-7-11-21(19)22/h4-11,22-23H,3,12-17H2,1-2H3,(H,28,33)(H,31,32). The monoisotopic (exact) mass is 480 g/mol. The highest BCUT2D eigenvalue weighted by atomic mass is 16.5. The SMILES string of the molecule is CCC(C(=O)O)N(C)C(=O)CC1(NC(=O)OCC2c3ccccc3-c3ccccc32)CCOCC1. The summed E-state index contributed by atoms with van der Waals surface area (Å²) in [5.74, 6) is -1.44. The average Bonchev–Trinajstić information content (AvgIpc) is 3.17. The van der Waals surface area contributed by atoms with Crippen LogP contribution in [0.2, 0.25) is 0 Å². The van der Waals surface area contributed by atoms with Gasteiger partial charge < -0.3 is 24.8 Å². The molecule has 2 aliphatic rings. The van der Waals surface area contributed by atoms with Crippen molar-refractivity contribution in [3.8, 4) is 11.1 Å². The Morgan fingerprint density at radius 1 is 1.09 bits per heavy atom. The first-order valence-corrected chi connectivity index (χ1v) is 12.0. The minimum atomic E-state index is -1.05. The van der Waals surface area contributed by atoms with Gasteiger partial charge in [-0.15, -0.1) is 0 Å². The highest BCUT2D eigenvalue weighted by Gasteiger charge is 2.39. The van der Waals surface area contributed by atoms with Crippen LogP contribution in [0.25, 0.3) is 11.1 Å². The summed E-state index contributed by atoms with van der Waals surface area (Å²) in [6.07, 6.45) is 0.588. The van der Waals surface area contributed by atoms with Crippen molar-refractivity contribution in [1.82, 2.24) is 10.2 Å². The maximum atomic E-state index is 13.0. The number of benzene rings is 2. The second-order valence-corrected chi connectivity index (χ2v) is 9.29. The Labute approximate surface area is 205 Å². The summed E-state index contributed by atoms with van der Waals surface area (Å²) in [6, 6.07) is 15.3. The van der Waals surface area contributed by atoms with Gasteiger partial charge in [0, 0.05) is 26.2 Å². The Hall–Kier alpha value is -3.39. The van der Waals surface area contributed by atoms with E-state index in [1.165, 1.54) is 11.9 Å². The number of carboxylic acid groups (broad SMARTS) is 1. The molecule has 0 bridgehead atoms. The minimum absolute atomic E-state index is 0.0131. The van der Waals surface area contributed by atoms with Crippen LogP contribution < -0.4 is 5.32 Å². The van der Waals surface area contributed by atoms with Gasteiger partial charge >= 0.3 is 12.1 Å². The van der Waals surface area contributed by atoms with Crippen LogP contribution in [0.5, 0.6) is 0 Å². The second-order valence-electron chi connectivity index (χ2n) is 9.29. The Balaban J connectivity index is 1.44. The van der Waals surface area contributed by atoms with Crippen LogP contribution in [-0.4, -0.2) is 66.4 Å². The summed E-state index contributed by atoms with van der Waals surface area (Å²) < 4.78 is 11.2. The molecule has 1 saturated heterocycles. The van der Waals surface area contributed by atoms with Crippen molar-refractivity contribution in [1.29, 1.82) is 0 Å². The van der Waals surface area contributed by atoms with Gasteiger partial charge in [-0.2, -0.15) is 0 Å². The number of amides is 2. The molecule has 2 amide bonds. The molecule has 1 unspecified atom stereocenters. The van der Waals surface area contributed by atoms with Gasteiger partial charge in [-0.1, -0.05) is 55.5 Å². The van der Waals surface area contributed by atoms with Crippen molar-refractivity contribution in [2.45, 2.75) is 50.1 Å². The molecule has 1 heterocycles. The van der Waals surface area contributed by atoms with E-state index in [0.29, 0.717) is 32.5 Å². The number of alkyl carbamates (subject to hydrolysis) is 1. The fourth-order valence-corrected chi connectivity index (χ4v) is 5.16. The van der Waals surface area contributed by atoms with E-state index in [1.807, 2.05) is 24.3 Å². The van der Waals surface area contributed by atoms with Crippen molar-refractivity contribution in [3.63, 3.8) is 0 Å². The molecule has 2 N–H and O–H groups in total. The molecule has 0 spiro atoms. The topological polar surface area (TPSA) is 105 Å². The van der Waals surface area contributed by atoms with Gasteiger partial charge in [0.25, 0.3) is 0 Å². The van der Waals surface area contributed by atoms with Gasteiger partial charge in [0.15, 0.2) is 0 Å². The van der Waals surface area contributed by atoms with Crippen molar-refractivity contribution in [2.75, 3.05) is 26.9 Å². The van der Waals surface area contributed by atoms with Gasteiger partial charge in [-0.05, 0) is 41.5 Å². The van der Waals surface area contributed by atoms with Crippen molar-refractivity contribution in [2.24, 2.45) is 0 Å². The first-order valence-electron chi connectivity index (χ1n) is 12.0. The van der Waals surface area contributed by atoms with Crippen molar-refractivity contribution in [3.05, 3.63) is 59.7 Å². The van der Waals surface area contributed by atoms with Crippen LogP contribution in [0.4, 0.5) is 4.79 Å². The maximum absolute atomic E-state index is 13.0. The molecule has 1 atom stereocenters. The number of aliphatic carboxylic acids is 1. The lowest BCUT2D eigenvalue weighted by Gasteiger charge is -2.38. The molecule has 4 rings (SSSR count). The molecule has 0 radical (unpaired) electrons. The number of hydrogen-bond donors (Lipinski definition) is 2. The van der Waals surface area contributed by atoms with E-state index in [0.717, 1.165) is 22.3 Å². The summed E-state index contributed by atoms with van der Waals surface area (Å²) in [7, 11) is 1.49. The van der Waals surface area contributed by atoms with E-state index in [-0.39, 0.29) is 24.9 Å². The Bertz CT molecular complexity index is 1050. The largest absolute Gasteiger partial charge is 0.480 e. The van der Waals surface area contributed by atoms with Crippen LogP contribution in [-0.2, 0) is 19.1 Å². The highest BCUT2D eigenvalue weighted by Crippen LogP contribution is 2.44. The lowest BCUT2D eigenvalue weighted by Crippen LogP contribution is -2.55. The van der Waals surface area contributed by atoms with E-state index in [1.54, 1.807) is 6.92 Å². The highest BCUT2D eigenvalue weighted by molar-refractivity contribution is 5.84. The number of carboxylic acids is 1. The number of ether oxygens (including phenoxy) is 2. The number of hydrogen-bond acceptors (Lipinski definition) is 5. The molecule has 1 fully saturated rings. The molecule has 0 saturated carbocycles. The predicted molar refractivity (Wildman–Crippen MR) is 130 cm³/mol. The molecule has 2 aromatic rings. The van der Waals surface area contributed by atoms with Crippen molar-refractivity contribution < 1.29 is 29.0 Å². The van der Waals surface area contributed by atoms with Gasteiger partial charge in [-0.25, -0.2) is 9.59 Å². The van der Waals surface area contributed by atoms with Crippen LogP contribution in [0, 0.1) is 0 Å². The van der Waals surface area contributed by atoms with Crippen LogP contribution in [0.3, 0.4) is 0 Å². The molecule has 1 aliphatic carbocycles. The van der Waals surface area contributed by atoms with E-state index in [4.69, 9.17) is 9.47 Å². The third kappa shape index (κ3) is 5.17. The van der Waals surface area contributed by atoms with Gasteiger partial charge in [0.2, 0.25) is 5.91 Å². The van der Waals surface area contributed by atoms with Crippen LogP contribution >= 0.6 is 0 Å². The van der Waals surface area contributed by atoms with Gasteiger partial charge in [-0.3, -0.25) is 4.79 Å². The normalized spacial score (nSPS) is 17.1. The zero-order valence-electron chi connectivity index (χ0n) is 20.2. The lowest BCUT2D eigenvalue weighted by molar-refractivity contribution is -0.150. The summed E-state index contributed by atoms with van der Waals surface area (Å²) in [4.78, 5) is 38.7. The molecule has 1 aliphatic heterocycles. The second kappa shape index (κ2) is 10.5. The maximum Gasteiger partial charge on any atom is 0.407 e. The summed E-state index contributed by atoms with van der Waals surface area (Å²) >= 11 is 0. The number of carbonyl (C=O) groups is 3. The number of rotatable bonds is 8. The van der Waals surface area contributed by atoms with Gasteiger partial charge in [0.1, 0.15) is 12.6 Å². The first-order chi connectivity index (χ1) is 16.8. The summed E-state index contributed by atoms with van der Waals surface area (Å²) in [5.41, 5.74) is 3.70. The third-order valence-electron chi connectivity index (χ3n) is 7.18. The number of fused-ring (bicyclic) bond motifs is 3. The Morgan fingerprint density at radius 3 is 2.20 bits per heavy atom. The lowest BCUT2D eigenvalue weighted by atomic mass is 9.86. The summed E-state index contributed by atoms with van der Waals surface area (Å²) in [6.45, 7) is 2.70. The zero-order chi connectivity index (χ0) is 25.0. The summed E-state index contributed by atoms with van der Waals surface area (Å²) in [5, 5.41) is 12.4. The Morgan fingerprint density at radius 2 is 1.66 bits per heavy atom. The zero-order valence-corrected chi connectivity index (χ0v) is 20.2. The fraction of sp³-hybridized carbons (Fsp3) is 0.444. The number of nitrogens with zero attached hydrogens (tertiary/aromatic N) is 1. The van der Waals surface area contributed by atoms with Crippen LogP contribution in [0.1, 0.15) is 49.7 Å². The molecular formula is C27H32N2O6. The van der Waals surface area contributed by atoms with E-state index in [9.17, 15) is 19.5 Å². The first kappa shape index (κ1) is 24.7. The number of nitrogens with one attached hydrogen (secondary N) is 1. The molecule has 0 aromatic heterocycles. The molecular weight excluding hydrogens is 448 g/mol. The minimum Gasteiger partial charge on any atom is -0.480 e. The average molecular weight is 481 g/mol. The molecule has 2 aromatic carbocycles. The molecule has 8 heteroatoms. The van der Waals surface area contributed by atoms with E-state index in [2.05, 4.69) is 29.6 Å². The number of carbonyl (C=O) groups excluding carboxylic acids is 2. The third-order valence-corrected chi connectivity index (χ3v) is 7.18. The van der Waals surface area contributed by atoms with Crippen LogP contribution in [0.15, 0.2) is 48.5 Å². The van der Waals surface area contributed by atoms with E-state index < -0.39 is 23.6 Å². The van der Waals surface area contributed by atoms with E-state index >= 15 is 0 Å². The quantitative estimate of drug-likeness (QED) is 0.596. The smallest absolute Gasteiger partial charge is 0.407 e. The van der Waals surface area contributed by atoms with Gasteiger partial charge in [0.05, 0.1) is 12.0 Å². The molecule has 35 heavy (non-hydrogen) atoms.